The number of anilines is 1. The summed E-state index contributed by atoms with van der Waals surface area (Å²) in [6.07, 6.45) is 3.25. The molecule has 3 N–H and O–H groups in total. The minimum absolute atomic E-state index is 0.117. The highest BCUT2D eigenvalue weighted by Gasteiger charge is 2.35. The van der Waals surface area contributed by atoms with Crippen molar-refractivity contribution in [3.8, 4) is 0 Å². The van der Waals surface area contributed by atoms with Crippen LogP contribution in [0.15, 0.2) is 12.4 Å². The molecular formula is C12H18N4O4. The van der Waals surface area contributed by atoms with Crippen molar-refractivity contribution >= 4 is 17.7 Å². The fraction of sp³-hybridized carbons (Fsp3) is 0.583. The van der Waals surface area contributed by atoms with Gasteiger partial charge in [0.15, 0.2) is 0 Å². The molecule has 8 nitrogen and oxygen atoms in total. The molecule has 2 heterocycles. The lowest BCUT2D eigenvalue weighted by Gasteiger charge is -2.15. The van der Waals surface area contributed by atoms with Crippen molar-refractivity contribution in [2.24, 2.45) is 5.92 Å². The minimum atomic E-state index is -0.972. The van der Waals surface area contributed by atoms with E-state index in [4.69, 9.17) is 9.84 Å². The van der Waals surface area contributed by atoms with Gasteiger partial charge in [-0.05, 0) is 13.8 Å². The normalized spacial score (nSPS) is 21.9. The van der Waals surface area contributed by atoms with Gasteiger partial charge in [-0.25, -0.2) is 4.79 Å². The van der Waals surface area contributed by atoms with E-state index in [1.54, 1.807) is 17.1 Å². The van der Waals surface area contributed by atoms with Crippen LogP contribution in [0.25, 0.3) is 0 Å². The Kier molecular flexibility index (Phi) is 4.23. The molecule has 2 rings (SSSR count). The number of carboxylic acid groups (broad SMARTS) is 1. The smallest absolute Gasteiger partial charge is 0.319 e. The zero-order valence-electron chi connectivity index (χ0n) is 11.4. The number of amides is 2. The van der Waals surface area contributed by atoms with Gasteiger partial charge in [0, 0.05) is 12.2 Å². The number of nitrogens with zero attached hydrogens (tertiary/aromatic N) is 2. The van der Waals surface area contributed by atoms with Crippen LogP contribution < -0.4 is 10.6 Å². The molecule has 1 aromatic rings. The molecule has 2 amide bonds. The number of aliphatic carboxylic acids is 1. The van der Waals surface area contributed by atoms with Gasteiger partial charge in [0.25, 0.3) is 0 Å². The van der Waals surface area contributed by atoms with Crippen molar-refractivity contribution in [2.75, 3.05) is 18.5 Å². The summed E-state index contributed by atoms with van der Waals surface area (Å²) in [6, 6.07) is -0.782. The van der Waals surface area contributed by atoms with Gasteiger partial charge in [-0.2, -0.15) is 5.10 Å². The topological polar surface area (TPSA) is 105 Å². The van der Waals surface area contributed by atoms with Gasteiger partial charge < -0.3 is 20.5 Å². The maximum Gasteiger partial charge on any atom is 0.319 e. The summed E-state index contributed by atoms with van der Waals surface area (Å²) in [5.74, 6) is -1.68. The van der Waals surface area contributed by atoms with Crippen LogP contribution in [0.5, 0.6) is 0 Å². The molecule has 1 fully saturated rings. The number of carbonyl (C=O) groups is 2. The van der Waals surface area contributed by atoms with E-state index >= 15 is 0 Å². The minimum Gasteiger partial charge on any atom is -0.481 e. The van der Waals surface area contributed by atoms with Gasteiger partial charge in [-0.3, -0.25) is 9.48 Å². The van der Waals surface area contributed by atoms with Crippen molar-refractivity contribution in [3.05, 3.63) is 12.4 Å². The molecular weight excluding hydrogens is 264 g/mol. The fourth-order valence-electron chi connectivity index (χ4n) is 1.96. The second-order valence-electron chi connectivity index (χ2n) is 4.99. The number of rotatable bonds is 4. The molecule has 2 atom stereocenters. The molecule has 0 spiro atoms. The number of ether oxygens (including phenoxy) is 1. The SMILES string of the molecule is CC(C)n1cc(NC(=O)NC2COCC2C(=O)O)cn1. The van der Waals surface area contributed by atoms with Crippen LogP contribution in [0.1, 0.15) is 19.9 Å². The van der Waals surface area contributed by atoms with Gasteiger partial charge >= 0.3 is 12.0 Å². The molecule has 1 saturated heterocycles. The van der Waals surface area contributed by atoms with Crippen molar-refractivity contribution in [3.63, 3.8) is 0 Å². The third kappa shape index (κ3) is 3.27. The highest BCUT2D eigenvalue weighted by Crippen LogP contribution is 2.14. The quantitative estimate of drug-likeness (QED) is 0.753. The van der Waals surface area contributed by atoms with Gasteiger partial charge in [0.1, 0.15) is 5.92 Å². The third-order valence-electron chi connectivity index (χ3n) is 3.10. The molecule has 0 radical (unpaired) electrons. The second-order valence-corrected chi connectivity index (χ2v) is 4.99. The molecule has 110 valence electrons. The van der Waals surface area contributed by atoms with Gasteiger partial charge in [-0.15, -0.1) is 0 Å². The van der Waals surface area contributed by atoms with Crippen molar-refractivity contribution < 1.29 is 19.4 Å². The molecule has 1 aliphatic rings. The first-order valence-electron chi connectivity index (χ1n) is 6.39. The summed E-state index contributed by atoms with van der Waals surface area (Å²) in [4.78, 5) is 22.8. The molecule has 1 aliphatic heterocycles. The van der Waals surface area contributed by atoms with Crippen LogP contribution in [0.3, 0.4) is 0 Å². The summed E-state index contributed by atoms with van der Waals surface area (Å²) in [5, 5.41) is 18.3. The number of carboxylic acids is 1. The predicted molar refractivity (Wildman–Crippen MR) is 70.5 cm³/mol. The Balaban J connectivity index is 1.90. The Labute approximate surface area is 116 Å². The highest BCUT2D eigenvalue weighted by molar-refractivity contribution is 5.89. The molecule has 0 bridgehead atoms. The average Bonchev–Trinajstić information content (AvgIpc) is 2.97. The summed E-state index contributed by atoms with van der Waals surface area (Å²) >= 11 is 0. The summed E-state index contributed by atoms with van der Waals surface area (Å²) in [6.45, 7) is 4.27. The van der Waals surface area contributed by atoms with Crippen LogP contribution in [-0.4, -0.2) is 46.1 Å². The fourth-order valence-corrected chi connectivity index (χ4v) is 1.96. The summed E-state index contributed by atoms with van der Waals surface area (Å²) in [5.41, 5.74) is 0.557. The number of nitrogens with one attached hydrogen (secondary N) is 2. The molecule has 20 heavy (non-hydrogen) atoms. The lowest BCUT2D eigenvalue weighted by molar-refractivity contribution is -0.142. The molecule has 0 aromatic carbocycles. The van der Waals surface area contributed by atoms with Gasteiger partial charge in [0.2, 0.25) is 0 Å². The zero-order valence-corrected chi connectivity index (χ0v) is 11.4. The van der Waals surface area contributed by atoms with E-state index in [0.717, 1.165) is 0 Å². The van der Waals surface area contributed by atoms with Crippen molar-refractivity contribution in [1.29, 1.82) is 0 Å². The lowest BCUT2D eigenvalue weighted by Crippen LogP contribution is -2.44. The molecule has 1 aromatic heterocycles. The number of hydrogen-bond acceptors (Lipinski definition) is 4. The van der Waals surface area contributed by atoms with Gasteiger partial charge in [-0.1, -0.05) is 0 Å². The van der Waals surface area contributed by atoms with Crippen LogP contribution >= 0.6 is 0 Å². The van der Waals surface area contributed by atoms with Crippen molar-refractivity contribution in [1.82, 2.24) is 15.1 Å². The Morgan fingerprint density at radius 1 is 1.50 bits per heavy atom. The second kappa shape index (κ2) is 5.91. The Morgan fingerprint density at radius 2 is 2.25 bits per heavy atom. The average molecular weight is 282 g/mol. The van der Waals surface area contributed by atoms with E-state index in [0.29, 0.717) is 5.69 Å². The van der Waals surface area contributed by atoms with Crippen molar-refractivity contribution in [2.45, 2.75) is 25.9 Å². The maximum atomic E-state index is 11.8. The van der Waals surface area contributed by atoms with Gasteiger partial charge in [0.05, 0.1) is 31.1 Å². The Morgan fingerprint density at radius 3 is 2.85 bits per heavy atom. The maximum absolute atomic E-state index is 11.8. The monoisotopic (exact) mass is 282 g/mol. The Hall–Kier alpha value is -2.09. The molecule has 8 heteroatoms. The molecule has 0 saturated carbocycles. The van der Waals surface area contributed by atoms with E-state index in [9.17, 15) is 9.59 Å². The number of urea groups is 1. The number of hydrogen-bond donors (Lipinski definition) is 3. The van der Waals surface area contributed by atoms with E-state index in [2.05, 4.69) is 15.7 Å². The number of carbonyl (C=O) groups excluding carboxylic acids is 1. The molecule has 0 aliphatic carbocycles. The predicted octanol–water partition coefficient (Wildman–Crippen LogP) is 0.685. The highest BCUT2D eigenvalue weighted by atomic mass is 16.5. The van der Waals surface area contributed by atoms with E-state index in [1.807, 2.05) is 13.8 Å². The van der Waals surface area contributed by atoms with E-state index < -0.39 is 24.0 Å². The van der Waals surface area contributed by atoms with Crippen LogP contribution in [-0.2, 0) is 9.53 Å². The molecule has 2 unspecified atom stereocenters. The number of aromatic nitrogens is 2. The first-order valence-corrected chi connectivity index (χ1v) is 6.39. The first kappa shape index (κ1) is 14.3. The van der Waals surface area contributed by atoms with E-state index in [-0.39, 0.29) is 19.3 Å². The first-order chi connectivity index (χ1) is 9.47. The Bertz CT molecular complexity index is 499. The largest absolute Gasteiger partial charge is 0.481 e. The van der Waals surface area contributed by atoms with Crippen LogP contribution in [0.2, 0.25) is 0 Å². The zero-order chi connectivity index (χ0) is 14.7. The lowest BCUT2D eigenvalue weighted by atomic mass is 10.0. The third-order valence-corrected chi connectivity index (χ3v) is 3.10. The summed E-state index contributed by atoms with van der Waals surface area (Å²) in [7, 11) is 0. The summed E-state index contributed by atoms with van der Waals surface area (Å²) < 4.78 is 6.79. The standard InChI is InChI=1S/C12H18N4O4/c1-7(2)16-4-8(3-13-16)14-12(19)15-10-6-20-5-9(10)11(17)18/h3-4,7,9-10H,5-6H2,1-2H3,(H,17,18)(H2,14,15,19). The van der Waals surface area contributed by atoms with Crippen LogP contribution in [0.4, 0.5) is 10.5 Å². The van der Waals surface area contributed by atoms with E-state index in [1.165, 1.54) is 0 Å². The van der Waals surface area contributed by atoms with Crippen LogP contribution in [0, 0.1) is 5.92 Å².